The van der Waals surface area contributed by atoms with Crippen molar-refractivity contribution in [1.29, 1.82) is 0 Å². The normalized spacial score (nSPS) is 35.8. The molecule has 2 aliphatic heterocycles. The molecule has 0 amide bonds. The van der Waals surface area contributed by atoms with Crippen molar-refractivity contribution in [2.24, 2.45) is 11.1 Å². The van der Waals surface area contributed by atoms with Crippen molar-refractivity contribution in [2.45, 2.75) is 50.8 Å². The molecule has 2 rings (SSSR count). The first kappa shape index (κ1) is 16.0. The van der Waals surface area contributed by atoms with Crippen molar-refractivity contribution in [2.75, 3.05) is 36.9 Å². The van der Waals surface area contributed by atoms with Gasteiger partial charge in [0, 0.05) is 41.4 Å². The minimum absolute atomic E-state index is 0.205. The quantitative estimate of drug-likeness (QED) is 0.849. The van der Waals surface area contributed by atoms with Crippen LogP contribution in [-0.4, -0.2) is 52.1 Å². The molecule has 0 aliphatic carbocycles. The van der Waals surface area contributed by atoms with E-state index in [-0.39, 0.29) is 5.54 Å². The zero-order chi connectivity index (χ0) is 14.1. The van der Waals surface area contributed by atoms with Crippen LogP contribution < -0.4 is 5.73 Å². The average Bonchev–Trinajstić information content (AvgIpc) is 2.51. The number of hydrogen-bond donors (Lipinski definition) is 1. The van der Waals surface area contributed by atoms with E-state index in [1.54, 1.807) is 0 Å². The maximum atomic E-state index is 6.30. The molecule has 1 atom stereocenters. The Bertz CT molecular complexity index is 317. The van der Waals surface area contributed by atoms with Crippen molar-refractivity contribution >= 4 is 23.5 Å². The first-order chi connectivity index (χ1) is 8.83. The van der Waals surface area contributed by atoms with Crippen LogP contribution >= 0.6 is 23.5 Å². The molecule has 2 heterocycles. The molecular formula is C15H30N2S2. The highest BCUT2D eigenvalue weighted by Crippen LogP contribution is 2.46. The maximum absolute atomic E-state index is 6.30. The van der Waals surface area contributed by atoms with Crippen LogP contribution in [0.1, 0.15) is 40.5 Å². The van der Waals surface area contributed by atoms with Gasteiger partial charge in [-0.15, -0.1) is 0 Å². The zero-order valence-corrected chi connectivity index (χ0v) is 14.6. The fourth-order valence-corrected chi connectivity index (χ4v) is 6.36. The molecule has 1 unspecified atom stereocenters. The van der Waals surface area contributed by atoms with Gasteiger partial charge in [-0.05, 0) is 24.0 Å². The monoisotopic (exact) mass is 302 g/mol. The minimum atomic E-state index is 0.205. The van der Waals surface area contributed by atoms with Crippen molar-refractivity contribution in [3.8, 4) is 0 Å². The van der Waals surface area contributed by atoms with E-state index in [0.717, 1.165) is 6.54 Å². The molecule has 112 valence electrons. The minimum Gasteiger partial charge on any atom is -0.329 e. The Morgan fingerprint density at radius 2 is 1.79 bits per heavy atom. The molecule has 4 heteroatoms. The van der Waals surface area contributed by atoms with E-state index in [1.807, 2.05) is 0 Å². The molecule has 19 heavy (non-hydrogen) atoms. The average molecular weight is 303 g/mol. The van der Waals surface area contributed by atoms with E-state index in [0.29, 0.717) is 10.2 Å². The molecule has 0 bridgehead atoms. The van der Waals surface area contributed by atoms with Gasteiger partial charge in [-0.1, -0.05) is 27.7 Å². The molecule has 2 aliphatic rings. The topological polar surface area (TPSA) is 29.3 Å². The van der Waals surface area contributed by atoms with Gasteiger partial charge in [-0.2, -0.15) is 23.5 Å². The van der Waals surface area contributed by atoms with Crippen LogP contribution in [0, 0.1) is 5.41 Å². The smallest absolute Gasteiger partial charge is 0.0473 e. The van der Waals surface area contributed by atoms with E-state index >= 15 is 0 Å². The van der Waals surface area contributed by atoms with Crippen LogP contribution in [0.3, 0.4) is 0 Å². The molecule has 0 aromatic heterocycles. The third kappa shape index (κ3) is 3.12. The van der Waals surface area contributed by atoms with Gasteiger partial charge in [0.25, 0.3) is 0 Å². The largest absolute Gasteiger partial charge is 0.329 e. The first-order valence-corrected chi connectivity index (χ1v) is 9.64. The SMILES string of the molecule is CC1(C)CCN(C2(CN)CSCCC2(C)C)CCS1. The molecular weight excluding hydrogens is 272 g/mol. The van der Waals surface area contributed by atoms with Gasteiger partial charge in [-0.3, -0.25) is 4.90 Å². The van der Waals surface area contributed by atoms with E-state index in [1.165, 1.54) is 43.2 Å². The summed E-state index contributed by atoms with van der Waals surface area (Å²) in [6, 6.07) is 0. The Kier molecular flexibility index (Phi) is 4.87. The Hall–Kier alpha value is 0.620. The van der Waals surface area contributed by atoms with Crippen LogP contribution in [0.5, 0.6) is 0 Å². The summed E-state index contributed by atoms with van der Waals surface area (Å²) in [7, 11) is 0. The van der Waals surface area contributed by atoms with Gasteiger partial charge < -0.3 is 5.73 Å². The lowest BCUT2D eigenvalue weighted by Crippen LogP contribution is -2.66. The van der Waals surface area contributed by atoms with Gasteiger partial charge in [0.15, 0.2) is 0 Å². The Morgan fingerprint density at radius 1 is 1.05 bits per heavy atom. The van der Waals surface area contributed by atoms with Crippen molar-refractivity contribution in [3.05, 3.63) is 0 Å². The summed E-state index contributed by atoms with van der Waals surface area (Å²) < 4.78 is 0.427. The summed E-state index contributed by atoms with van der Waals surface area (Å²) in [5.41, 5.74) is 6.85. The molecule has 0 saturated carbocycles. The van der Waals surface area contributed by atoms with Gasteiger partial charge in [-0.25, -0.2) is 0 Å². The number of hydrogen-bond acceptors (Lipinski definition) is 4. The molecule has 0 spiro atoms. The molecule has 2 saturated heterocycles. The van der Waals surface area contributed by atoms with Crippen LogP contribution in [0.15, 0.2) is 0 Å². The van der Waals surface area contributed by atoms with Crippen LogP contribution in [0.4, 0.5) is 0 Å². The Balaban J connectivity index is 2.20. The summed E-state index contributed by atoms with van der Waals surface area (Å²) in [6.45, 7) is 12.9. The summed E-state index contributed by atoms with van der Waals surface area (Å²) in [5.74, 6) is 3.75. The second kappa shape index (κ2) is 5.78. The van der Waals surface area contributed by atoms with Gasteiger partial charge in [0.1, 0.15) is 0 Å². The van der Waals surface area contributed by atoms with Crippen LogP contribution in [0.2, 0.25) is 0 Å². The van der Waals surface area contributed by atoms with E-state index in [4.69, 9.17) is 5.73 Å². The second-order valence-electron chi connectivity index (χ2n) is 7.27. The summed E-state index contributed by atoms with van der Waals surface area (Å²) >= 11 is 4.23. The lowest BCUT2D eigenvalue weighted by Gasteiger charge is -2.55. The molecule has 2 fully saturated rings. The predicted octanol–water partition coefficient (Wildman–Crippen LogP) is 3.06. The zero-order valence-electron chi connectivity index (χ0n) is 13.0. The molecule has 0 radical (unpaired) electrons. The van der Waals surface area contributed by atoms with Gasteiger partial charge in [0.05, 0.1) is 0 Å². The number of rotatable bonds is 2. The first-order valence-electron chi connectivity index (χ1n) is 7.50. The Labute approximate surface area is 127 Å². The van der Waals surface area contributed by atoms with Crippen molar-refractivity contribution in [3.63, 3.8) is 0 Å². The highest BCUT2D eigenvalue weighted by Gasteiger charge is 2.50. The predicted molar refractivity (Wildman–Crippen MR) is 90.2 cm³/mol. The van der Waals surface area contributed by atoms with E-state index < -0.39 is 0 Å². The van der Waals surface area contributed by atoms with Gasteiger partial charge >= 0.3 is 0 Å². The third-order valence-corrected chi connectivity index (χ3v) is 7.80. The molecule has 2 nitrogen and oxygen atoms in total. The maximum Gasteiger partial charge on any atom is 0.0473 e. The number of thioether (sulfide) groups is 2. The highest BCUT2D eigenvalue weighted by molar-refractivity contribution is 8.00. The van der Waals surface area contributed by atoms with Crippen molar-refractivity contribution in [1.82, 2.24) is 4.90 Å². The third-order valence-electron chi connectivity index (χ3n) is 5.25. The highest BCUT2D eigenvalue weighted by atomic mass is 32.2. The lowest BCUT2D eigenvalue weighted by molar-refractivity contribution is 0.00501. The standard InChI is InChI=1S/C15H30N2S2/c1-13(2)6-9-18-12-15(13,11-16)17-7-5-14(3,4)19-10-8-17/h5-12,16H2,1-4H3. The summed E-state index contributed by atoms with van der Waals surface area (Å²) in [6.07, 6.45) is 2.57. The Morgan fingerprint density at radius 3 is 2.42 bits per heavy atom. The van der Waals surface area contributed by atoms with Crippen LogP contribution in [0.25, 0.3) is 0 Å². The molecule has 0 aromatic carbocycles. The second-order valence-corrected chi connectivity index (χ2v) is 10.2. The lowest BCUT2D eigenvalue weighted by atomic mass is 9.69. The summed E-state index contributed by atoms with van der Waals surface area (Å²) in [5, 5.41) is 0. The van der Waals surface area contributed by atoms with E-state index in [2.05, 4.69) is 56.1 Å². The fraction of sp³-hybridized carbons (Fsp3) is 1.00. The number of nitrogens with two attached hydrogens (primary N) is 1. The van der Waals surface area contributed by atoms with E-state index in [9.17, 15) is 0 Å². The van der Waals surface area contributed by atoms with Crippen molar-refractivity contribution < 1.29 is 0 Å². The molecule has 2 N–H and O–H groups in total. The van der Waals surface area contributed by atoms with Crippen LogP contribution in [-0.2, 0) is 0 Å². The fourth-order valence-electron chi connectivity index (χ4n) is 3.43. The molecule has 0 aromatic rings. The number of nitrogens with zero attached hydrogens (tertiary/aromatic N) is 1. The van der Waals surface area contributed by atoms with Gasteiger partial charge in [0.2, 0.25) is 0 Å². The summed E-state index contributed by atoms with van der Waals surface area (Å²) in [4.78, 5) is 2.74.